The fraction of sp³-hybridized carbons (Fsp3) is 0.318. The Kier molecular flexibility index (Phi) is 5.21. The molecule has 2 aromatic heterocycles. The predicted molar refractivity (Wildman–Crippen MR) is 113 cm³/mol. The van der Waals surface area contributed by atoms with E-state index >= 15 is 0 Å². The number of amides is 1. The standard InChI is InChI=1S/C22H25N5O/c1-3-26-9-11-27(12-10-26)21-13-16(2)19-14-18(6-7-20(19)25-21)24-22(28)17-5-4-8-23-15-17/h4-8,13-15H,3,9-12H2,1-2H3,(H,24,28). The number of nitrogens with zero attached hydrogens (tertiary/aromatic N) is 4. The number of nitrogens with one attached hydrogen (secondary N) is 1. The van der Waals surface area contributed by atoms with Crippen molar-refractivity contribution in [1.82, 2.24) is 14.9 Å². The van der Waals surface area contributed by atoms with E-state index in [0.29, 0.717) is 5.56 Å². The van der Waals surface area contributed by atoms with Gasteiger partial charge in [-0.2, -0.15) is 0 Å². The van der Waals surface area contributed by atoms with Gasteiger partial charge >= 0.3 is 0 Å². The Hall–Kier alpha value is -2.99. The summed E-state index contributed by atoms with van der Waals surface area (Å²) < 4.78 is 0. The smallest absolute Gasteiger partial charge is 0.257 e. The highest BCUT2D eigenvalue weighted by Gasteiger charge is 2.18. The summed E-state index contributed by atoms with van der Waals surface area (Å²) in [4.78, 5) is 26.1. The van der Waals surface area contributed by atoms with Crippen LogP contribution in [0, 0.1) is 6.92 Å². The fourth-order valence-electron chi connectivity index (χ4n) is 3.61. The maximum atomic E-state index is 12.4. The highest BCUT2D eigenvalue weighted by Crippen LogP contribution is 2.26. The van der Waals surface area contributed by atoms with Crippen molar-refractivity contribution in [2.75, 3.05) is 42.9 Å². The van der Waals surface area contributed by atoms with E-state index in [4.69, 9.17) is 4.98 Å². The Labute approximate surface area is 165 Å². The average molecular weight is 375 g/mol. The first-order valence-corrected chi connectivity index (χ1v) is 9.74. The minimum absolute atomic E-state index is 0.163. The number of anilines is 2. The van der Waals surface area contributed by atoms with E-state index in [1.807, 2.05) is 18.2 Å². The van der Waals surface area contributed by atoms with Gasteiger partial charge in [0.25, 0.3) is 5.91 Å². The molecule has 0 spiro atoms. The molecule has 1 fully saturated rings. The molecule has 1 saturated heterocycles. The van der Waals surface area contributed by atoms with Crippen LogP contribution in [0.25, 0.3) is 10.9 Å². The van der Waals surface area contributed by atoms with Gasteiger partial charge in [-0.25, -0.2) is 4.98 Å². The number of aryl methyl sites for hydroxylation is 1. The molecule has 3 aromatic rings. The second kappa shape index (κ2) is 7.94. The van der Waals surface area contributed by atoms with Crippen LogP contribution in [-0.2, 0) is 0 Å². The molecule has 1 amide bonds. The monoisotopic (exact) mass is 375 g/mol. The molecule has 0 atom stereocenters. The number of carbonyl (C=O) groups is 1. The van der Waals surface area contributed by atoms with Crippen LogP contribution in [0.5, 0.6) is 0 Å². The fourth-order valence-corrected chi connectivity index (χ4v) is 3.61. The average Bonchev–Trinajstić information content (AvgIpc) is 2.74. The molecule has 144 valence electrons. The summed E-state index contributed by atoms with van der Waals surface area (Å²) in [5.41, 5.74) is 3.41. The van der Waals surface area contributed by atoms with Gasteiger partial charge in [-0.15, -0.1) is 0 Å². The van der Waals surface area contributed by atoms with Crippen molar-refractivity contribution in [2.24, 2.45) is 0 Å². The van der Waals surface area contributed by atoms with E-state index < -0.39 is 0 Å². The Morgan fingerprint density at radius 3 is 2.68 bits per heavy atom. The number of hydrogen-bond acceptors (Lipinski definition) is 5. The summed E-state index contributed by atoms with van der Waals surface area (Å²) in [5.74, 6) is 0.872. The van der Waals surface area contributed by atoms with E-state index in [1.165, 1.54) is 0 Å². The van der Waals surface area contributed by atoms with Crippen LogP contribution in [0.3, 0.4) is 0 Å². The van der Waals surface area contributed by atoms with Crippen LogP contribution in [-0.4, -0.2) is 53.5 Å². The second-order valence-electron chi connectivity index (χ2n) is 7.15. The summed E-state index contributed by atoms with van der Waals surface area (Å²) in [5, 5.41) is 4.00. The molecule has 0 bridgehead atoms. The molecule has 6 nitrogen and oxygen atoms in total. The van der Waals surface area contributed by atoms with Crippen molar-refractivity contribution in [3.63, 3.8) is 0 Å². The van der Waals surface area contributed by atoms with Crippen LogP contribution in [0.2, 0.25) is 0 Å². The first-order valence-electron chi connectivity index (χ1n) is 9.74. The summed E-state index contributed by atoms with van der Waals surface area (Å²) in [6.07, 6.45) is 3.22. The number of carbonyl (C=O) groups excluding carboxylic acids is 1. The molecule has 0 unspecified atom stereocenters. The first-order chi connectivity index (χ1) is 13.6. The van der Waals surface area contributed by atoms with E-state index in [2.05, 4.69) is 40.0 Å². The molecule has 1 aliphatic heterocycles. The summed E-state index contributed by atoms with van der Waals surface area (Å²) in [6.45, 7) is 9.58. The van der Waals surface area contributed by atoms with Gasteiger partial charge in [-0.1, -0.05) is 6.92 Å². The van der Waals surface area contributed by atoms with Gasteiger partial charge in [0, 0.05) is 49.6 Å². The molecule has 0 saturated carbocycles. The Morgan fingerprint density at radius 1 is 1.14 bits per heavy atom. The van der Waals surface area contributed by atoms with Crippen molar-refractivity contribution in [3.8, 4) is 0 Å². The van der Waals surface area contributed by atoms with Gasteiger partial charge in [-0.05, 0) is 55.4 Å². The topological polar surface area (TPSA) is 61.4 Å². The van der Waals surface area contributed by atoms with Crippen molar-refractivity contribution in [1.29, 1.82) is 0 Å². The maximum Gasteiger partial charge on any atom is 0.257 e. The normalized spacial score (nSPS) is 15.0. The highest BCUT2D eigenvalue weighted by atomic mass is 16.1. The zero-order valence-corrected chi connectivity index (χ0v) is 16.4. The van der Waals surface area contributed by atoms with Crippen molar-refractivity contribution < 1.29 is 4.79 Å². The maximum absolute atomic E-state index is 12.4. The lowest BCUT2D eigenvalue weighted by Gasteiger charge is -2.35. The van der Waals surface area contributed by atoms with Crippen LogP contribution < -0.4 is 10.2 Å². The van der Waals surface area contributed by atoms with Crippen molar-refractivity contribution in [2.45, 2.75) is 13.8 Å². The molecule has 1 aliphatic rings. The molecule has 0 radical (unpaired) electrons. The SMILES string of the molecule is CCN1CCN(c2cc(C)c3cc(NC(=O)c4cccnc4)ccc3n2)CC1. The number of benzene rings is 1. The molecule has 1 aromatic carbocycles. The molecular formula is C22H25N5O. The van der Waals surface area contributed by atoms with Gasteiger partial charge < -0.3 is 15.1 Å². The summed E-state index contributed by atoms with van der Waals surface area (Å²) in [6, 6.07) is 11.5. The number of pyridine rings is 2. The van der Waals surface area contributed by atoms with E-state index in [9.17, 15) is 4.79 Å². The Morgan fingerprint density at radius 2 is 1.96 bits per heavy atom. The van der Waals surface area contributed by atoms with Gasteiger partial charge in [0.2, 0.25) is 0 Å². The van der Waals surface area contributed by atoms with E-state index in [0.717, 1.165) is 60.7 Å². The third kappa shape index (κ3) is 3.82. The lowest BCUT2D eigenvalue weighted by Crippen LogP contribution is -2.46. The summed E-state index contributed by atoms with van der Waals surface area (Å²) in [7, 11) is 0. The molecular weight excluding hydrogens is 350 g/mol. The Balaban J connectivity index is 1.55. The summed E-state index contributed by atoms with van der Waals surface area (Å²) >= 11 is 0. The van der Waals surface area contributed by atoms with Gasteiger partial charge in [0.1, 0.15) is 5.82 Å². The lowest BCUT2D eigenvalue weighted by atomic mass is 10.1. The third-order valence-electron chi connectivity index (χ3n) is 5.33. The molecule has 0 aliphatic carbocycles. The number of fused-ring (bicyclic) bond motifs is 1. The molecule has 4 rings (SSSR count). The minimum atomic E-state index is -0.163. The number of rotatable bonds is 4. The van der Waals surface area contributed by atoms with Crippen molar-refractivity contribution >= 4 is 28.3 Å². The van der Waals surface area contributed by atoms with Crippen LogP contribution in [0.15, 0.2) is 48.8 Å². The second-order valence-corrected chi connectivity index (χ2v) is 7.15. The number of aromatic nitrogens is 2. The number of piperazine rings is 1. The van der Waals surface area contributed by atoms with Crippen LogP contribution >= 0.6 is 0 Å². The van der Waals surface area contributed by atoms with Crippen LogP contribution in [0.4, 0.5) is 11.5 Å². The lowest BCUT2D eigenvalue weighted by molar-refractivity contribution is 0.102. The van der Waals surface area contributed by atoms with Crippen LogP contribution in [0.1, 0.15) is 22.8 Å². The zero-order chi connectivity index (χ0) is 19.5. The van der Waals surface area contributed by atoms with Crippen molar-refractivity contribution in [3.05, 3.63) is 59.9 Å². The minimum Gasteiger partial charge on any atom is -0.354 e. The predicted octanol–water partition coefficient (Wildman–Crippen LogP) is 3.33. The Bertz CT molecular complexity index is 981. The third-order valence-corrected chi connectivity index (χ3v) is 5.33. The van der Waals surface area contributed by atoms with Gasteiger partial charge in [0.15, 0.2) is 0 Å². The molecule has 3 heterocycles. The van der Waals surface area contributed by atoms with Gasteiger partial charge in [-0.3, -0.25) is 9.78 Å². The van der Waals surface area contributed by atoms with Gasteiger partial charge in [0.05, 0.1) is 11.1 Å². The number of likely N-dealkylation sites (N-methyl/N-ethyl adjacent to an activating group) is 1. The molecule has 6 heteroatoms. The zero-order valence-electron chi connectivity index (χ0n) is 16.4. The quantitative estimate of drug-likeness (QED) is 0.758. The highest BCUT2D eigenvalue weighted by molar-refractivity contribution is 6.05. The number of hydrogen-bond donors (Lipinski definition) is 1. The first kappa shape index (κ1) is 18.4. The van der Waals surface area contributed by atoms with E-state index in [-0.39, 0.29) is 5.91 Å². The molecule has 1 N–H and O–H groups in total. The molecule has 28 heavy (non-hydrogen) atoms. The largest absolute Gasteiger partial charge is 0.354 e. The van der Waals surface area contributed by atoms with E-state index in [1.54, 1.807) is 24.5 Å².